The number of rotatable bonds is 3. The molecule has 3 aromatic rings. The molecule has 0 bridgehead atoms. The normalized spacial score (nSPS) is 14.3. The van der Waals surface area contributed by atoms with Gasteiger partial charge in [0.1, 0.15) is 17.4 Å². The van der Waals surface area contributed by atoms with Crippen LogP contribution in [0.3, 0.4) is 0 Å². The molecule has 1 saturated carbocycles. The zero-order valence-electron chi connectivity index (χ0n) is 11.4. The van der Waals surface area contributed by atoms with Gasteiger partial charge in [-0.15, -0.1) is 0 Å². The maximum absolute atomic E-state index is 5.83. The van der Waals surface area contributed by atoms with E-state index in [0.29, 0.717) is 23.4 Å². The van der Waals surface area contributed by atoms with Gasteiger partial charge in [0.15, 0.2) is 0 Å². The number of ether oxygens (including phenoxy) is 1. The minimum Gasteiger partial charge on any atom is -0.439 e. The molecule has 0 saturated heterocycles. The van der Waals surface area contributed by atoms with Crippen LogP contribution < -0.4 is 10.5 Å². The number of fused-ring (bicyclic) bond motifs is 1. The molecular formula is C16H14N4O. The molecule has 1 aromatic carbocycles. The van der Waals surface area contributed by atoms with E-state index in [4.69, 9.17) is 10.5 Å². The first kappa shape index (κ1) is 12.1. The Morgan fingerprint density at radius 1 is 1.10 bits per heavy atom. The molecule has 4 rings (SSSR count). The van der Waals surface area contributed by atoms with Crippen molar-refractivity contribution < 1.29 is 4.74 Å². The standard InChI is InChI=1S/C16H14N4O/c17-14-9-15(20-16(19-14)11-3-4-11)21-12-6-5-10-2-1-7-18-13(10)8-12/h1-2,5-9,11H,3-4H2,(H2,17,19,20). The van der Waals surface area contributed by atoms with Crippen LogP contribution in [0.4, 0.5) is 5.82 Å². The van der Waals surface area contributed by atoms with Crippen LogP contribution >= 0.6 is 0 Å². The lowest BCUT2D eigenvalue weighted by molar-refractivity contribution is 0.459. The highest BCUT2D eigenvalue weighted by Crippen LogP contribution is 2.39. The summed E-state index contributed by atoms with van der Waals surface area (Å²) in [6, 6.07) is 11.3. The number of nitrogens with two attached hydrogens (primary N) is 1. The van der Waals surface area contributed by atoms with Crippen molar-refractivity contribution in [3.8, 4) is 11.6 Å². The molecule has 0 atom stereocenters. The third-order valence-electron chi connectivity index (χ3n) is 3.48. The molecule has 0 aliphatic heterocycles. The van der Waals surface area contributed by atoms with Crippen LogP contribution in [-0.2, 0) is 0 Å². The van der Waals surface area contributed by atoms with Crippen LogP contribution in [0.5, 0.6) is 11.6 Å². The highest BCUT2D eigenvalue weighted by atomic mass is 16.5. The average molecular weight is 278 g/mol. The van der Waals surface area contributed by atoms with E-state index in [1.807, 2.05) is 30.3 Å². The topological polar surface area (TPSA) is 73.9 Å². The minimum absolute atomic E-state index is 0.439. The summed E-state index contributed by atoms with van der Waals surface area (Å²) in [7, 11) is 0. The van der Waals surface area contributed by atoms with Gasteiger partial charge in [0.25, 0.3) is 0 Å². The second-order valence-corrected chi connectivity index (χ2v) is 5.22. The van der Waals surface area contributed by atoms with Crippen molar-refractivity contribution in [2.45, 2.75) is 18.8 Å². The van der Waals surface area contributed by atoms with Gasteiger partial charge in [0.2, 0.25) is 5.88 Å². The molecule has 5 heteroatoms. The van der Waals surface area contributed by atoms with Crippen molar-refractivity contribution in [3.05, 3.63) is 48.4 Å². The fourth-order valence-corrected chi connectivity index (χ4v) is 2.27. The van der Waals surface area contributed by atoms with Gasteiger partial charge in [-0.05, 0) is 31.0 Å². The largest absolute Gasteiger partial charge is 0.439 e. The Hall–Kier alpha value is -2.69. The van der Waals surface area contributed by atoms with E-state index in [9.17, 15) is 0 Å². The maximum Gasteiger partial charge on any atom is 0.224 e. The van der Waals surface area contributed by atoms with Gasteiger partial charge >= 0.3 is 0 Å². The second kappa shape index (κ2) is 4.70. The molecule has 0 radical (unpaired) electrons. The molecule has 0 amide bonds. The lowest BCUT2D eigenvalue weighted by atomic mass is 10.2. The van der Waals surface area contributed by atoms with Crippen molar-refractivity contribution in [2.24, 2.45) is 0 Å². The molecule has 1 fully saturated rings. The van der Waals surface area contributed by atoms with Gasteiger partial charge in [-0.25, -0.2) is 4.98 Å². The van der Waals surface area contributed by atoms with Crippen molar-refractivity contribution in [2.75, 3.05) is 5.73 Å². The molecule has 2 N–H and O–H groups in total. The lowest BCUT2D eigenvalue weighted by Crippen LogP contribution is -2.00. The maximum atomic E-state index is 5.83. The number of anilines is 1. The molecule has 104 valence electrons. The number of nitrogen functional groups attached to an aromatic ring is 1. The Balaban J connectivity index is 1.67. The van der Waals surface area contributed by atoms with Crippen LogP contribution in [0.2, 0.25) is 0 Å². The monoisotopic (exact) mass is 278 g/mol. The van der Waals surface area contributed by atoms with E-state index in [2.05, 4.69) is 15.0 Å². The summed E-state index contributed by atoms with van der Waals surface area (Å²) in [6.07, 6.45) is 4.02. The number of hydrogen-bond donors (Lipinski definition) is 1. The quantitative estimate of drug-likeness (QED) is 0.795. The predicted octanol–water partition coefficient (Wildman–Crippen LogP) is 3.28. The highest BCUT2D eigenvalue weighted by Gasteiger charge is 2.27. The zero-order chi connectivity index (χ0) is 14.2. The zero-order valence-corrected chi connectivity index (χ0v) is 11.4. The summed E-state index contributed by atoms with van der Waals surface area (Å²) in [5.41, 5.74) is 6.71. The molecule has 0 unspecified atom stereocenters. The minimum atomic E-state index is 0.439. The molecule has 1 aliphatic rings. The van der Waals surface area contributed by atoms with Gasteiger partial charge in [-0.1, -0.05) is 6.07 Å². The van der Waals surface area contributed by atoms with E-state index in [1.54, 1.807) is 12.3 Å². The highest BCUT2D eigenvalue weighted by molar-refractivity contribution is 5.79. The summed E-state index contributed by atoms with van der Waals surface area (Å²) in [5.74, 6) is 2.85. The fourth-order valence-electron chi connectivity index (χ4n) is 2.27. The number of aromatic nitrogens is 3. The average Bonchev–Trinajstić information content (AvgIpc) is 3.31. The Bertz CT molecular complexity index is 814. The molecule has 2 heterocycles. The van der Waals surface area contributed by atoms with Gasteiger partial charge in [0.05, 0.1) is 5.52 Å². The molecule has 5 nitrogen and oxygen atoms in total. The van der Waals surface area contributed by atoms with E-state index in [0.717, 1.165) is 29.6 Å². The van der Waals surface area contributed by atoms with Gasteiger partial charge in [-0.2, -0.15) is 4.98 Å². The van der Waals surface area contributed by atoms with Crippen molar-refractivity contribution in [1.82, 2.24) is 15.0 Å². The first-order valence-electron chi connectivity index (χ1n) is 6.95. The van der Waals surface area contributed by atoms with Crippen LogP contribution in [0, 0.1) is 0 Å². The smallest absolute Gasteiger partial charge is 0.224 e. The van der Waals surface area contributed by atoms with Gasteiger partial charge < -0.3 is 10.5 Å². The third kappa shape index (κ3) is 2.50. The Labute approximate surface area is 121 Å². The van der Waals surface area contributed by atoms with Gasteiger partial charge in [-0.3, -0.25) is 4.98 Å². The van der Waals surface area contributed by atoms with Crippen molar-refractivity contribution >= 4 is 16.7 Å². The number of nitrogens with zero attached hydrogens (tertiary/aromatic N) is 3. The molecule has 21 heavy (non-hydrogen) atoms. The number of benzene rings is 1. The molecule has 1 aliphatic carbocycles. The first-order valence-corrected chi connectivity index (χ1v) is 6.95. The summed E-state index contributed by atoms with van der Waals surface area (Å²) < 4.78 is 5.81. The molecule has 2 aromatic heterocycles. The van der Waals surface area contributed by atoms with E-state index in [1.165, 1.54) is 0 Å². The third-order valence-corrected chi connectivity index (χ3v) is 3.48. The summed E-state index contributed by atoms with van der Waals surface area (Å²) >= 11 is 0. The van der Waals surface area contributed by atoms with Crippen LogP contribution in [0.1, 0.15) is 24.6 Å². The fraction of sp³-hybridized carbons (Fsp3) is 0.188. The Morgan fingerprint density at radius 3 is 2.86 bits per heavy atom. The van der Waals surface area contributed by atoms with Crippen LogP contribution in [0.25, 0.3) is 10.9 Å². The summed E-state index contributed by atoms with van der Waals surface area (Å²) in [4.78, 5) is 13.0. The Kier molecular flexibility index (Phi) is 2.70. The molecular weight excluding hydrogens is 264 g/mol. The number of pyridine rings is 1. The molecule has 0 spiro atoms. The number of hydrogen-bond acceptors (Lipinski definition) is 5. The van der Waals surface area contributed by atoms with Crippen LogP contribution in [0.15, 0.2) is 42.6 Å². The second-order valence-electron chi connectivity index (χ2n) is 5.22. The van der Waals surface area contributed by atoms with E-state index >= 15 is 0 Å². The Morgan fingerprint density at radius 2 is 2.00 bits per heavy atom. The van der Waals surface area contributed by atoms with Gasteiger partial charge in [0, 0.05) is 29.6 Å². The van der Waals surface area contributed by atoms with E-state index in [-0.39, 0.29) is 0 Å². The first-order chi connectivity index (χ1) is 10.3. The lowest BCUT2D eigenvalue weighted by Gasteiger charge is -2.08. The van der Waals surface area contributed by atoms with Crippen LogP contribution in [-0.4, -0.2) is 15.0 Å². The van der Waals surface area contributed by atoms with E-state index < -0.39 is 0 Å². The summed E-state index contributed by atoms with van der Waals surface area (Å²) in [5, 5.41) is 1.07. The summed E-state index contributed by atoms with van der Waals surface area (Å²) in [6.45, 7) is 0. The van der Waals surface area contributed by atoms with Crippen molar-refractivity contribution in [1.29, 1.82) is 0 Å². The SMILES string of the molecule is Nc1cc(Oc2ccc3cccnc3c2)nc(C2CC2)n1. The predicted molar refractivity (Wildman–Crippen MR) is 80.2 cm³/mol. The van der Waals surface area contributed by atoms with Crippen molar-refractivity contribution in [3.63, 3.8) is 0 Å².